The molecule has 2 atom stereocenters. The molecule has 0 spiro atoms. The highest BCUT2D eigenvalue weighted by molar-refractivity contribution is 7.88. The molecule has 126 valence electrons. The maximum Gasteiger partial charge on any atom is 0.326 e. The lowest BCUT2D eigenvalue weighted by molar-refractivity contribution is -0.146. The van der Waals surface area contributed by atoms with Crippen molar-refractivity contribution >= 4 is 27.9 Å². The molecule has 1 aliphatic heterocycles. The van der Waals surface area contributed by atoms with Crippen molar-refractivity contribution in [2.45, 2.75) is 38.3 Å². The molecule has 0 aliphatic carbocycles. The summed E-state index contributed by atoms with van der Waals surface area (Å²) in [5.41, 5.74) is 0. The van der Waals surface area contributed by atoms with Gasteiger partial charge in [0.2, 0.25) is 15.9 Å². The minimum absolute atomic E-state index is 0.0910. The van der Waals surface area contributed by atoms with Crippen LogP contribution in [0.25, 0.3) is 0 Å². The Balaban J connectivity index is 2.66. The molecule has 1 heterocycles. The van der Waals surface area contributed by atoms with E-state index in [1.807, 2.05) is 0 Å². The first-order valence-electron chi connectivity index (χ1n) is 6.76. The van der Waals surface area contributed by atoms with Crippen LogP contribution in [0.2, 0.25) is 0 Å². The molecule has 0 aromatic carbocycles. The summed E-state index contributed by atoms with van der Waals surface area (Å²) in [7, 11) is -3.53. The Labute approximate surface area is 128 Å². The van der Waals surface area contributed by atoms with E-state index in [4.69, 9.17) is 5.11 Å². The van der Waals surface area contributed by atoms with E-state index in [1.165, 1.54) is 6.92 Å². The monoisotopic (exact) mass is 336 g/mol. The molecule has 1 rings (SSSR count). The number of nitrogens with one attached hydrogen (secondary N) is 1. The van der Waals surface area contributed by atoms with E-state index in [9.17, 15) is 22.8 Å². The zero-order chi connectivity index (χ0) is 16.9. The molecule has 0 radical (unpaired) electrons. The van der Waals surface area contributed by atoms with Crippen LogP contribution in [0.4, 0.5) is 0 Å². The standard InChI is InChI=1S/C12H20N2O7S/c1-8(15)21-7-5-9(12(17)18)13-11(16)10-4-3-6-14(10)22(2,19)20/h9-10H,3-7H2,1-2H3,(H,13,16)(H,17,18)/t9-,10-/m0/s1. The van der Waals surface area contributed by atoms with Gasteiger partial charge in [0, 0.05) is 19.9 Å². The summed E-state index contributed by atoms with van der Waals surface area (Å²) in [6.07, 6.45) is 1.80. The first-order valence-corrected chi connectivity index (χ1v) is 8.61. The van der Waals surface area contributed by atoms with Crippen LogP contribution in [0.3, 0.4) is 0 Å². The Morgan fingerprint density at radius 3 is 2.55 bits per heavy atom. The van der Waals surface area contributed by atoms with E-state index in [2.05, 4.69) is 10.1 Å². The van der Waals surface area contributed by atoms with Gasteiger partial charge in [-0.2, -0.15) is 4.31 Å². The predicted octanol–water partition coefficient (Wildman–Crippen LogP) is -1.07. The van der Waals surface area contributed by atoms with Crippen LogP contribution in [0, 0.1) is 0 Å². The maximum absolute atomic E-state index is 12.1. The van der Waals surface area contributed by atoms with Gasteiger partial charge in [-0.25, -0.2) is 13.2 Å². The molecule has 1 saturated heterocycles. The fourth-order valence-corrected chi connectivity index (χ4v) is 3.37. The number of carbonyl (C=O) groups excluding carboxylic acids is 2. The number of rotatable bonds is 7. The summed E-state index contributed by atoms with van der Waals surface area (Å²) in [6.45, 7) is 1.28. The number of hydrogen-bond donors (Lipinski definition) is 2. The van der Waals surface area contributed by atoms with Gasteiger partial charge in [0.15, 0.2) is 0 Å². The van der Waals surface area contributed by atoms with Crippen LogP contribution in [0.5, 0.6) is 0 Å². The Bertz CT molecular complexity index is 546. The van der Waals surface area contributed by atoms with E-state index in [-0.39, 0.29) is 19.6 Å². The largest absolute Gasteiger partial charge is 0.480 e. The molecule has 0 aromatic heterocycles. The van der Waals surface area contributed by atoms with Crippen LogP contribution in [-0.2, 0) is 29.1 Å². The Kier molecular flexibility index (Phi) is 6.30. The van der Waals surface area contributed by atoms with Crippen molar-refractivity contribution in [2.24, 2.45) is 0 Å². The number of esters is 1. The van der Waals surface area contributed by atoms with E-state index >= 15 is 0 Å². The number of amides is 1. The van der Waals surface area contributed by atoms with Gasteiger partial charge in [0.25, 0.3) is 0 Å². The molecule has 2 N–H and O–H groups in total. The van der Waals surface area contributed by atoms with E-state index in [0.717, 1.165) is 10.6 Å². The molecule has 9 nitrogen and oxygen atoms in total. The van der Waals surface area contributed by atoms with Crippen LogP contribution in [0.15, 0.2) is 0 Å². The summed E-state index contributed by atoms with van der Waals surface area (Å²) >= 11 is 0. The predicted molar refractivity (Wildman–Crippen MR) is 75.4 cm³/mol. The molecule has 22 heavy (non-hydrogen) atoms. The highest BCUT2D eigenvalue weighted by Gasteiger charge is 2.37. The van der Waals surface area contributed by atoms with Crippen molar-refractivity contribution in [3.05, 3.63) is 0 Å². The Hall–Kier alpha value is -1.68. The zero-order valence-electron chi connectivity index (χ0n) is 12.4. The number of hydrogen-bond acceptors (Lipinski definition) is 6. The van der Waals surface area contributed by atoms with Crippen molar-refractivity contribution in [2.75, 3.05) is 19.4 Å². The number of carbonyl (C=O) groups is 3. The number of sulfonamides is 1. The molecule has 1 amide bonds. The molecule has 10 heteroatoms. The van der Waals surface area contributed by atoms with E-state index in [1.54, 1.807) is 0 Å². The average molecular weight is 336 g/mol. The van der Waals surface area contributed by atoms with Gasteiger partial charge in [0.1, 0.15) is 12.1 Å². The van der Waals surface area contributed by atoms with Gasteiger partial charge in [-0.3, -0.25) is 9.59 Å². The average Bonchev–Trinajstić information content (AvgIpc) is 2.85. The highest BCUT2D eigenvalue weighted by Crippen LogP contribution is 2.20. The minimum atomic E-state index is -3.53. The van der Waals surface area contributed by atoms with Crippen LogP contribution in [0.1, 0.15) is 26.2 Å². The fraction of sp³-hybridized carbons (Fsp3) is 0.750. The fourth-order valence-electron chi connectivity index (χ4n) is 2.24. The van der Waals surface area contributed by atoms with Crippen molar-refractivity contribution in [3.63, 3.8) is 0 Å². The lowest BCUT2D eigenvalue weighted by Crippen LogP contribution is -2.50. The van der Waals surface area contributed by atoms with Crippen molar-refractivity contribution in [3.8, 4) is 0 Å². The molecule has 0 unspecified atom stereocenters. The zero-order valence-corrected chi connectivity index (χ0v) is 13.3. The van der Waals surface area contributed by atoms with Gasteiger partial charge in [-0.05, 0) is 12.8 Å². The van der Waals surface area contributed by atoms with Gasteiger partial charge in [-0.1, -0.05) is 0 Å². The number of carboxylic acid groups (broad SMARTS) is 1. The lowest BCUT2D eigenvalue weighted by Gasteiger charge is -2.23. The maximum atomic E-state index is 12.1. The van der Waals surface area contributed by atoms with Gasteiger partial charge in [0.05, 0.1) is 12.9 Å². The molecule has 0 aromatic rings. The summed E-state index contributed by atoms with van der Waals surface area (Å²) in [4.78, 5) is 33.9. The SMILES string of the molecule is CC(=O)OCC[C@H](NC(=O)[C@@H]1CCCN1S(C)(=O)=O)C(=O)O. The highest BCUT2D eigenvalue weighted by atomic mass is 32.2. The normalized spacial score (nSPS) is 20.4. The molecule has 1 aliphatic rings. The molecule has 1 fully saturated rings. The summed E-state index contributed by atoms with van der Waals surface area (Å²) < 4.78 is 28.9. The quantitative estimate of drug-likeness (QED) is 0.566. The third-order valence-corrected chi connectivity index (χ3v) is 4.55. The number of carboxylic acids is 1. The second-order valence-corrected chi connectivity index (χ2v) is 6.99. The Morgan fingerprint density at radius 2 is 2.05 bits per heavy atom. The van der Waals surface area contributed by atoms with Crippen molar-refractivity contribution < 1.29 is 32.6 Å². The number of ether oxygens (including phenoxy) is 1. The van der Waals surface area contributed by atoms with Gasteiger partial charge >= 0.3 is 11.9 Å². The lowest BCUT2D eigenvalue weighted by atomic mass is 10.1. The first-order chi connectivity index (χ1) is 10.1. The van der Waals surface area contributed by atoms with Crippen LogP contribution >= 0.6 is 0 Å². The molecule has 0 bridgehead atoms. The van der Waals surface area contributed by atoms with E-state index in [0.29, 0.717) is 12.8 Å². The third kappa shape index (κ3) is 5.26. The van der Waals surface area contributed by atoms with Crippen LogP contribution in [-0.4, -0.2) is 67.2 Å². The minimum Gasteiger partial charge on any atom is -0.480 e. The topological polar surface area (TPSA) is 130 Å². The van der Waals surface area contributed by atoms with Crippen molar-refractivity contribution in [1.82, 2.24) is 9.62 Å². The van der Waals surface area contributed by atoms with Gasteiger partial charge < -0.3 is 15.2 Å². The van der Waals surface area contributed by atoms with Gasteiger partial charge in [-0.15, -0.1) is 0 Å². The molecule has 0 saturated carbocycles. The second-order valence-electron chi connectivity index (χ2n) is 5.06. The first kappa shape index (κ1) is 18.4. The second kappa shape index (κ2) is 7.54. The van der Waals surface area contributed by atoms with Crippen LogP contribution < -0.4 is 5.32 Å². The third-order valence-electron chi connectivity index (χ3n) is 3.26. The number of aliphatic carboxylic acids is 1. The Morgan fingerprint density at radius 1 is 1.41 bits per heavy atom. The molecular weight excluding hydrogens is 316 g/mol. The summed E-state index contributed by atoms with van der Waals surface area (Å²) in [5, 5.41) is 11.4. The summed E-state index contributed by atoms with van der Waals surface area (Å²) in [6, 6.07) is -2.14. The smallest absolute Gasteiger partial charge is 0.326 e. The van der Waals surface area contributed by atoms with Crippen molar-refractivity contribution in [1.29, 1.82) is 0 Å². The molecular formula is C12H20N2O7S. The van der Waals surface area contributed by atoms with E-state index < -0.39 is 40.0 Å². The summed E-state index contributed by atoms with van der Waals surface area (Å²) in [5.74, 6) is -2.47. The number of nitrogens with zero attached hydrogens (tertiary/aromatic N) is 1.